The largest absolute Gasteiger partial charge is 0.434 e. The Morgan fingerprint density at radius 3 is 2.28 bits per heavy atom. The SMILES string of the molecule is CN1CCOC(OC(=O)CCC(c2ccccc2)c2ccccc2)C1. The highest BCUT2D eigenvalue weighted by Crippen LogP contribution is 2.29. The van der Waals surface area contributed by atoms with E-state index >= 15 is 0 Å². The monoisotopic (exact) mass is 339 g/mol. The zero-order valence-corrected chi connectivity index (χ0v) is 14.6. The van der Waals surface area contributed by atoms with Gasteiger partial charge in [-0.2, -0.15) is 0 Å². The van der Waals surface area contributed by atoms with E-state index in [1.807, 2.05) is 43.4 Å². The van der Waals surface area contributed by atoms with Gasteiger partial charge in [0, 0.05) is 18.9 Å². The lowest BCUT2D eigenvalue weighted by atomic mass is 9.87. The van der Waals surface area contributed by atoms with Crippen LogP contribution in [0, 0.1) is 0 Å². The van der Waals surface area contributed by atoms with E-state index in [1.165, 1.54) is 11.1 Å². The molecule has 4 heteroatoms. The van der Waals surface area contributed by atoms with Gasteiger partial charge in [-0.15, -0.1) is 0 Å². The molecule has 1 unspecified atom stereocenters. The summed E-state index contributed by atoms with van der Waals surface area (Å²) < 4.78 is 11.0. The summed E-state index contributed by atoms with van der Waals surface area (Å²) in [6, 6.07) is 20.6. The fourth-order valence-corrected chi connectivity index (χ4v) is 3.17. The molecule has 1 aliphatic heterocycles. The molecule has 2 aromatic rings. The average molecular weight is 339 g/mol. The highest BCUT2D eigenvalue weighted by atomic mass is 16.7. The molecule has 0 aromatic heterocycles. The molecule has 4 nitrogen and oxygen atoms in total. The fraction of sp³-hybridized carbons (Fsp3) is 0.381. The van der Waals surface area contributed by atoms with Crippen molar-refractivity contribution in [2.45, 2.75) is 25.0 Å². The minimum atomic E-state index is -0.446. The smallest absolute Gasteiger partial charge is 0.308 e. The molecule has 132 valence electrons. The number of esters is 1. The molecule has 0 N–H and O–H groups in total. The van der Waals surface area contributed by atoms with Gasteiger partial charge in [-0.05, 0) is 24.6 Å². The van der Waals surface area contributed by atoms with E-state index in [0.717, 1.165) is 13.0 Å². The first-order chi connectivity index (χ1) is 12.2. The number of hydrogen-bond acceptors (Lipinski definition) is 4. The first-order valence-electron chi connectivity index (χ1n) is 8.82. The molecule has 1 fully saturated rings. The van der Waals surface area contributed by atoms with Gasteiger partial charge in [-0.25, -0.2) is 0 Å². The van der Waals surface area contributed by atoms with E-state index in [-0.39, 0.29) is 11.9 Å². The van der Waals surface area contributed by atoms with E-state index in [4.69, 9.17) is 9.47 Å². The van der Waals surface area contributed by atoms with Crippen LogP contribution in [0.4, 0.5) is 0 Å². The first kappa shape index (κ1) is 17.6. The molecule has 25 heavy (non-hydrogen) atoms. The lowest BCUT2D eigenvalue weighted by Crippen LogP contribution is -2.42. The van der Waals surface area contributed by atoms with Crippen molar-refractivity contribution in [2.75, 3.05) is 26.7 Å². The lowest BCUT2D eigenvalue weighted by Gasteiger charge is -2.29. The van der Waals surface area contributed by atoms with Crippen LogP contribution < -0.4 is 0 Å². The molecule has 0 amide bonds. The summed E-state index contributed by atoms with van der Waals surface area (Å²) in [5, 5.41) is 0. The van der Waals surface area contributed by atoms with Gasteiger partial charge in [0.2, 0.25) is 6.29 Å². The Bertz CT molecular complexity index is 620. The van der Waals surface area contributed by atoms with Crippen LogP contribution in [0.25, 0.3) is 0 Å². The predicted octanol–water partition coefficient (Wildman–Crippen LogP) is 3.43. The van der Waals surface area contributed by atoms with Gasteiger partial charge in [0.1, 0.15) is 0 Å². The van der Waals surface area contributed by atoms with E-state index < -0.39 is 6.29 Å². The third-order valence-electron chi connectivity index (χ3n) is 4.54. The van der Waals surface area contributed by atoms with Gasteiger partial charge in [-0.1, -0.05) is 60.7 Å². The number of hydrogen-bond donors (Lipinski definition) is 0. The topological polar surface area (TPSA) is 38.8 Å². The zero-order chi connectivity index (χ0) is 17.5. The molecular weight excluding hydrogens is 314 g/mol. The van der Waals surface area contributed by atoms with E-state index in [2.05, 4.69) is 29.2 Å². The third kappa shape index (κ3) is 5.15. The number of nitrogens with zero attached hydrogens (tertiary/aromatic N) is 1. The molecule has 0 aliphatic carbocycles. The maximum Gasteiger partial charge on any atom is 0.308 e. The number of benzene rings is 2. The van der Waals surface area contributed by atoms with Gasteiger partial charge < -0.3 is 9.47 Å². The second-order valence-electron chi connectivity index (χ2n) is 6.47. The van der Waals surface area contributed by atoms with Crippen LogP contribution in [-0.4, -0.2) is 43.9 Å². The van der Waals surface area contributed by atoms with E-state index in [1.54, 1.807) is 0 Å². The van der Waals surface area contributed by atoms with Crippen LogP contribution in [0.1, 0.15) is 29.9 Å². The normalized spacial score (nSPS) is 18.2. The molecular formula is C21H25NO3. The third-order valence-corrected chi connectivity index (χ3v) is 4.54. The molecule has 2 aromatic carbocycles. The zero-order valence-electron chi connectivity index (χ0n) is 14.6. The molecule has 3 rings (SSSR count). The minimum Gasteiger partial charge on any atom is -0.434 e. The number of rotatable bonds is 6. The summed E-state index contributed by atoms with van der Waals surface area (Å²) in [5.74, 6) is -0.0120. The van der Waals surface area contributed by atoms with Crippen LogP contribution in [0.5, 0.6) is 0 Å². The Balaban J connectivity index is 1.62. The highest BCUT2D eigenvalue weighted by Gasteiger charge is 2.22. The molecule has 0 saturated carbocycles. The lowest BCUT2D eigenvalue weighted by molar-refractivity contribution is -0.192. The number of carbonyl (C=O) groups is 1. The second kappa shape index (κ2) is 8.79. The summed E-state index contributed by atoms with van der Waals surface area (Å²) in [4.78, 5) is 14.4. The molecule has 0 radical (unpaired) electrons. The molecule has 1 atom stereocenters. The summed E-state index contributed by atoms with van der Waals surface area (Å²) in [5.41, 5.74) is 2.44. The second-order valence-corrected chi connectivity index (χ2v) is 6.47. The van der Waals surface area contributed by atoms with Gasteiger partial charge in [0.25, 0.3) is 0 Å². The highest BCUT2D eigenvalue weighted by molar-refractivity contribution is 5.69. The van der Waals surface area contributed by atoms with Crippen molar-refractivity contribution < 1.29 is 14.3 Å². The van der Waals surface area contributed by atoms with Crippen molar-refractivity contribution in [2.24, 2.45) is 0 Å². The molecule has 1 aliphatic rings. The summed E-state index contributed by atoms with van der Waals surface area (Å²) in [7, 11) is 2.00. The van der Waals surface area contributed by atoms with Crippen molar-refractivity contribution >= 4 is 5.97 Å². The minimum absolute atomic E-state index is 0.185. The predicted molar refractivity (Wildman–Crippen MR) is 97.3 cm³/mol. The summed E-state index contributed by atoms with van der Waals surface area (Å²) in [6.45, 7) is 2.11. The van der Waals surface area contributed by atoms with Crippen molar-refractivity contribution in [3.05, 3.63) is 71.8 Å². The van der Waals surface area contributed by atoms with Crippen LogP contribution >= 0.6 is 0 Å². The number of likely N-dealkylation sites (N-methyl/N-ethyl adjacent to an activating group) is 1. The van der Waals surface area contributed by atoms with Crippen LogP contribution in [0.15, 0.2) is 60.7 Å². The van der Waals surface area contributed by atoms with Gasteiger partial charge in [-0.3, -0.25) is 9.69 Å². The Kier molecular flexibility index (Phi) is 6.20. The van der Waals surface area contributed by atoms with Gasteiger partial charge in [0.15, 0.2) is 0 Å². The summed E-state index contributed by atoms with van der Waals surface area (Å²) in [6.07, 6.45) is 0.645. The molecule has 0 bridgehead atoms. The quantitative estimate of drug-likeness (QED) is 0.756. The number of ether oxygens (including phenoxy) is 2. The van der Waals surface area contributed by atoms with Crippen LogP contribution in [-0.2, 0) is 14.3 Å². The Morgan fingerprint density at radius 2 is 1.72 bits per heavy atom. The first-order valence-corrected chi connectivity index (χ1v) is 8.82. The number of carbonyl (C=O) groups excluding carboxylic acids is 1. The van der Waals surface area contributed by atoms with Crippen molar-refractivity contribution in [1.29, 1.82) is 0 Å². The van der Waals surface area contributed by atoms with Gasteiger partial charge >= 0.3 is 5.97 Å². The molecule has 0 spiro atoms. The molecule has 1 heterocycles. The van der Waals surface area contributed by atoms with Crippen LogP contribution in [0.2, 0.25) is 0 Å². The Morgan fingerprint density at radius 1 is 1.12 bits per heavy atom. The Hall–Kier alpha value is -2.17. The van der Waals surface area contributed by atoms with Crippen molar-refractivity contribution in [3.8, 4) is 0 Å². The fourth-order valence-electron chi connectivity index (χ4n) is 3.17. The van der Waals surface area contributed by atoms with E-state index in [9.17, 15) is 4.79 Å². The Labute approximate surface area is 149 Å². The number of morpholine rings is 1. The maximum absolute atomic E-state index is 12.3. The van der Waals surface area contributed by atoms with E-state index in [0.29, 0.717) is 19.6 Å². The van der Waals surface area contributed by atoms with Crippen molar-refractivity contribution in [1.82, 2.24) is 4.90 Å². The summed E-state index contributed by atoms with van der Waals surface area (Å²) >= 11 is 0. The van der Waals surface area contributed by atoms with Crippen molar-refractivity contribution in [3.63, 3.8) is 0 Å². The molecule has 1 saturated heterocycles. The average Bonchev–Trinajstić information content (AvgIpc) is 2.64. The van der Waals surface area contributed by atoms with Gasteiger partial charge in [0.05, 0.1) is 13.2 Å². The van der Waals surface area contributed by atoms with Crippen LogP contribution in [0.3, 0.4) is 0 Å². The standard InChI is InChI=1S/C21H25NO3/c1-22-14-15-24-21(16-22)25-20(23)13-12-19(17-8-4-2-5-9-17)18-10-6-3-7-11-18/h2-11,19,21H,12-16H2,1H3. The maximum atomic E-state index is 12.3.